The van der Waals surface area contributed by atoms with E-state index in [0.29, 0.717) is 17.4 Å². The van der Waals surface area contributed by atoms with Gasteiger partial charge in [-0.15, -0.1) is 11.3 Å². The molecule has 0 radical (unpaired) electrons. The fourth-order valence-corrected chi connectivity index (χ4v) is 4.27. The van der Waals surface area contributed by atoms with Crippen LogP contribution < -0.4 is 0 Å². The first-order valence-corrected chi connectivity index (χ1v) is 10.6. The number of halogens is 3. The fourth-order valence-electron chi connectivity index (χ4n) is 3.17. The summed E-state index contributed by atoms with van der Waals surface area (Å²) in [4.78, 5) is 27.1. The predicted octanol–water partition coefficient (Wildman–Crippen LogP) is 4.98. The summed E-state index contributed by atoms with van der Waals surface area (Å²) in [6.45, 7) is 7.38. The first-order valence-electron chi connectivity index (χ1n) is 9.77. The Morgan fingerprint density at radius 1 is 1.23 bits per heavy atom. The summed E-state index contributed by atoms with van der Waals surface area (Å²) >= 11 is 1.79. The smallest absolute Gasteiger partial charge is 0.478 e. The zero-order valence-electron chi connectivity index (χ0n) is 17.2. The molecule has 1 saturated heterocycles. The summed E-state index contributed by atoms with van der Waals surface area (Å²) in [6, 6.07) is 7.23. The van der Waals surface area contributed by atoms with Gasteiger partial charge in [-0.2, -0.15) is 13.2 Å². The van der Waals surface area contributed by atoms with E-state index in [-0.39, 0.29) is 0 Å². The fraction of sp³-hybridized carbons (Fsp3) is 0.476. The molecule has 0 saturated carbocycles. The highest BCUT2D eigenvalue weighted by Gasteiger charge is 2.38. The Hall–Kier alpha value is -2.46. The van der Waals surface area contributed by atoms with Crippen molar-refractivity contribution in [1.29, 1.82) is 0 Å². The van der Waals surface area contributed by atoms with Crippen molar-refractivity contribution in [2.75, 3.05) is 13.1 Å². The Kier molecular flexibility index (Phi) is 8.58. The number of hydrogen-bond donors (Lipinski definition) is 2. The van der Waals surface area contributed by atoms with Gasteiger partial charge in [0.05, 0.1) is 16.3 Å². The van der Waals surface area contributed by atoms with E-state index in [1.807, 2.05) is 12.1 Å². The third-order valence-electron chi connectivity index (χ3n) is 4.84. The van der Waals surface area contributed by atoms with Crippen molar-refractivity contribution in [2.24, 2.45) is 0 Å². The van der Waals surface area contributed by atoms with Gasteiger partial charge < -0.3 is 10.2 Å². The zero-order chi connectivity index (χ0) is 23.2. The molecule has 10 heteroatoms. The van der Waals surface area contributed by atoms with Crippen molar-refractivity contribution < 1.29 is 33.0 Å². The number of rotatable bonds is 5. The number of benzene rings is 1. The number of hydrogen-bond acceptors (Lipinski definition) is 5. The van der Waals surface area contributed by atoms with Gasteiger partial charge >= 0.3 is 18.1 Å². The maximum Gasteiger partial charge on any atom is 0.490 e. The summed E-state index contributed by atoms with van der Waals surface area (Å²) in [5.41, 5.74) is 2.72. The number of thiazole rings is 1. The molecule has 0 bridgehead atoms. The molecule has 1 aliphatic rings. The lowest BCUT2D eigenvalue weighted by atomic mass is 9.98. The van der Waals surface area contributed by atoms with Crippen LogP contribution in [0.4, 0.5) is 13.2 Å². The van der Waals surface area contributed by atoms with Crippen molar-refractivity contribution >= 4 is 23.3 Å². The first-order chi connectivity index (χ1) is 14.5. The zero-order valence-corrected chi connectivity index (χ0v) is 18.0. The molecular weight excluding hydrogens is 433 g/mol. The summed E-state index contributed by atoms with van der Waals surface area (Å²) in [7, 11) is 0. The van der Waals surface area contributed by atoms with Crippen LogP contribution >= 0.6 is 11.3 Å². The lowest BCUT2D eigenvalue weighted by molar-refractivity contribution is -0.192. The minimum atomic E-state index is -5.08. The van der Waals surface area contributed by atoms with Crippen molar-refractivity contribution in [3.05, 3.63) is 51.5 Å². The molecule has 1 aromatic carbocycles. The third-order valence-corrected chi connectivity index (χ3v) is 5.86. The Morgan fingerprint density at radius 3 is 2.32 bits per heavy atom. The second kappa shape index (κ2) is 10.7. The normalized spacial score (nSPS) is 17.2. The molecule has 3 rings (SSSR count). The molecule has 1 aliphatic heterocycles. The van der Waals surface area contributed by atoms with E-state index in [1.54, 1.807) is 23.5 Å². The van der Waals surface area contributed by atoms with Crippen LogP contribution in [-0.4, -0.2) is 51.3 Å². The molecule has 2 aromatic rings. The molecule has 0 amide bonds. The topological polar surface area (TPSA) is 90.7 Å². The highest BCUT2D eigenvalue weighted by atomic mass is 32.1. The van der Waals surface area contributed by atoms with Crippen LogP contribution in [0.1, 0.15) is 65.1 Å². The molecule has 1 aromatic heterocycles. The van der Waals surface area contributed by atoms with Gasteiger partial charge in [-0.3, -0.25) is 4.90 Å². The summed E-state index contributed by atoms with van der Waals surface area (Å²) in [5.74, 6) is -2.62. The maximum absolute atomic E-state index is 10.9. The number of carboxylic acids is 2. The Balaban J connectivity index is 0.000000423. The number of aromatic carboxylic acids is 1. The average Bonchev–Trinajstić information content (AvgIpc) is 3.19. The van der Waals surface area contributed by atoms with Crippen LogP contribution in [-0.2, 0) is 11.3 Å². The number of alkyl halides is 3. The quantitative estimate of drug-likeness (QED) is 0.657. The van der Waals surface area contributed by atoms with Gasteiger partial charge in [-0.05, 0) is 43.0 Å². The van der Waals surface area contributed by atoms with Gasteiger partial charge in [-0.25, -0.2) is 14.6 Å². The van der Waals surface area contributed by atoms with E-state index in [1.165, 1.54) is 29.1 Å². The second-order valence-electron chi connectivity index (χ2n) is 7.64. The summed E-state index contributed by atoms with van der Waals surface area (Å²) in [6.07, 6.45) is -2.69. The number of aromatic nitrogens is 1. The molecule has 2 N–H and O–H groups in total. The molecule has 31 heavy (non-hydrogen) atoms. The highest BCUT2D eigenvalue weighted by Crippen LogP contribution is 2.31. The molecule has 1 unspecified atom stereocenters. The first kappa shape index (κ1) is 24.8. The number of carbonyl (C=O) groups is 2. The Morgan fingerprint density at radius 2 is 1.84 bits per heavy atom. The lowest BCUT2D eigenvalue weighted by Crippen LogP contribution is -2.33. The standard InChI is InChI=1S/C19H24N2O2S.C2HF3O2/c1-13(2)17-12-24-18(20-17)16-4-3-9-21(11-16)10-14-5-7-15(8-6-14)19(22)23;3-2(4,5)1(6)7/h5-8,12-13,16H,3-4,9-11H2,1-2H3,(H,22,23);(H,6,7). The van der Waals surface area contributed by atoms with Crippen LogP contribution in [0, 0.1) is 0 Å². The molecule has 0 spiro atoms. The van der Waals surface area contributed by atoms with Gasteiger partial charge in [0, 0.05) is 24.4 Å². The predicted molar refractivity (Wildman–Crippen MR) is 111 cm³/mol. The molecule has 1 fully saturated rings. The van der Waals surface area contributed by atoms with Crippen molar-refractivity contribution in [3.8, 4) is 0 Å². The lowest BCUT2D eigenvalue weighted by Gasteiger charge is -2.31. The van der Waals surface area contributed by atoms with Gasteiger partial charge in [-0.1, -0.05) is 26.0 Å². The Bertz CT molecular complexity index is 881. The van der Waals surface area contributed by atoms with E-state index >= 15 is 0 Å². The largest absolute Gasteiger partial charge is 0.490 e. The van der Waals surface area contributed by atoms with Crippen LogP contribution in [0.5, 0.6) is 0 Å². The van der Waals surface area contributed by atoms with Gasteiger partial charge in [0.2, 0.25) is 0 Å². The van der Waals surface area contributed by atoms with Crippen LogP contribution in [0.15, 0.2) is 29.6 Å². The molecule has 0 aliphatic carbocycles. The van der Waals surface area contributed by atoms with Crippen LogP contribution in [0.3, 0.4) is 0 Å². The van der Waals surface area contributed by atoms with Crippen molar-refractivity contribution in [2.45, 2.75) is 51.2 Å². The van der Waals surface area contributed by atoms with E-state index in [4.69, 9.17) is 20.0 Å². The number of aliphatic carboxylic acids is 1. The molecule has 170 valence electrons. The van der Waals surface area contributed by atoms with Gasteiger partial charge in [0.25, 0.3) is 0 Å². The minimum absolute atomic E-state index is 0.347. The van der Waals surface area contributed by atoms with Gasteiger partial charge in [0.15, 0.2) is 0 Å². The summed E-state index contributed by atoms with van der Waals surface area (Å²) < 4.78 is 31.7. The SMILES string of the molecule is CC(C)c1csc(C2CCCN(Cc3ccc(C(=O)O)cc3)C2)n1.O=C(O)C(F)(F)F. The van der Waals surface area contributed by atoms with Crippen molar-refractivity contribution in [3.63, 3.8) is 0 Å². The van der Waals surface area contributed by atoms with E-state index in [9.17, 15) is 18.0 Å². The molecule has 6 nitrogen and oxygen atoms in total. The Labute approximate surface area is 182 Å². The highest BCUT2D eigenvalue weighted by molar-refractivity contribution is 7.09. The monoisotopic (exact) mass is 458 g/mol. The number of likely N-dealkylation sites (tertiary alicyclic amines) is 1. The number of carboxylic acid groups (broad SMARTS) is 2. The van der Waals surface area contributed by atoms with Crippen LogP contribution in [0.25, 0.3) is 0 Å². The van der Waals surface area contributed by atoms with E-state index in [0.717, 1.165) is 19.6 Å². The minimum Gasteiger partial charge on any atom is -0.478 e. The van der Waals surface area contributed by atoms with Crippen molar-refractivity contribution in [1.82, 2.24) is 9.88 Å². The molecule has 2 heterocycles. The number of piperidine rings is 1. The van der Waals surface area contributed by atoms with E-state index in [2.05, 4.69) is 24.1 Å². The number of nitrogens with zero attached hydrogens (tertiary/aromatic N) is 2. The maximum atomic E-state index is 10.9. The van der Waals surface area contributed by atoms with E-state index < -0.39 is 18.1 Å². The van der Waals surface area contributed by atoms with Gasteiger partial charge in [0.1, 0.15) is 0 Å². The molecule has 1 atom stereocenters. The van der Waals surface area contributed by atoms with Crippen LogP contribution in [0.2, 0.25) is 0 Å². The summed E-state index contributed by atoms with van der Waals surface area (Å²) in [5, 5.41) is 19.6. The molecular formula is C21H25F3N2O4S. The average molecular weight is 459 g/mol. The second-order valence-corrected chi connectivity index (χ2v) is 8.53. The third kappa shape index (κ3) is 7.62.